The van der Waals surface area contributed by atoms with Crippen LogP contribution in [0.2, 0.25) is 0 Å². The Bertz CT molecular complexity index is 1040. The molecule has 148 valence electrons. The van der Waals surface area contributed by atoms with Crippen LogP contribution in [0.1, 0.15) is 43.4 Å². The Balaban J connectivity index is 1.48. The molecule has 0 fully saturated rings. The van der Waals surface area contributed by atoms with Crippen molar-refractivity contribution in [1.82, 2.24) is 30.4 Å². The van der Waals surface area contributed by atoms with E-state index in [9.17, 15) is 0 Å². The van der Waals surface area contributed by atoms with Crippen molar-refractivity contribution in [1.29, 1.82) is 0 Å². The first-order valence-corrected chi connectivity index (χ1v) is 10.6. The van der Waals surface area contributed by atoms with E-state index in [1.54, 1.807) is 4.68 Å². The summed E-state index contributed by atoms with van der Waals surface area (Å²) in [6.45, 7) is 4.20. The van der Waals surface area contributed by atoms with Gasteiger partial charge in [-0.05, 0) is 60.0 Å². The fourth-order valence-electron chi connectivity index (χ4n) is 2.90. The van der Waals surface area contributed by atoms with Crippen LogP contribution in [0.3, 0.4) is 0 Å². The second-order valence-electron chi connectivity index (χ2n) is 6.71. The van der Waals surface area contributed by atoms with Crippen molar-refractivity contribution in [2.75, 3.05) is 0 Å². The number of aromatic nitrogens is 6. The molecule has 0 saturated carbocycles. The third kappa shape index (κ3) is 4.54. The fraction of sp³-hybridized carbons (Fsp3) is 0.286. The van der Waals surface area contributed by atoms with Crippen LogP contribution in [0.5, 0.6) is 0 Å². The molecule has 8 heteroatoms. The van der Waals surface area contributed by atoms with Gasteiger partial charge in [0.1, 0.15) is 0 Å². The van der Waals surface area contributed by atoms with Crippen LogP contribution in [0, 0.1) is 0 Å². The summed E-state index contributed by atoms with van der Waals surface area (Å²) >= 11 is 1.48. The summed E-state index contributed by atoms with van der Waals surface area (Å²) in [4.78, 5) is 0. The highest BCUT2D eigenvalue weighted by Crippen LogP contribution is 2.34. The summed E-state index contributed by atoms with van der Waals surface area (Å²) in [6.07, 6.45) is 3.47. The summed E-state index contributed by atoms with van der Waals surface area (Å²) in [7, 11) is 0. The Morgan fingerprint density at radius 1 is 1.00 bits per heavy atom. The van der Waals surface area contributed by atoms with Crippen molar-refractivity contribution >= 4 is 11.8 Å². The van der Waals surface area contributed by atoms with Gasteiger partial charge in [0.25, 0.3) is 0 Å². The molecule has 2 aromatic carbocycles. The van der Waals surface area contributed by atoms with E-state index in [-0.39, 0.29) is 5.25 Å². The van der Waals surface area contributed by atoms with E-state index in [1.165, 1.54) is 30.2 Å². The standard InChI is InChI=1S/C21H22N6OS/c1-3-4-8-16-11-13-18(14-12-16)27-21(24-25-26-27)29-15(2)19-22-23-20(28-19)17-9-6-5-7-10-17/h5-7,9-15H,3-4,8H2,1-2H3. The van der Waals surface area contributed by atoms with Gasteiger partial charge in [0.2, 0.25) is 16.9 Å². The highest BCUT2D eigenvalue weighted by molar-refractivity contribution is 7.99. The zero-order valence-corrected chi connectivity index (χ0v) is 17.2. The van der Waals surface area contributed by atoms with E-state index in [0.29, 0.717) is 16.9 Å². The van der Waals surface area contributed by atoms with E-state index < -0.39 is 0 Å². The minimum Gasteiger partial charge on any atom is -0.419 e. The van der Waals surface area contributed by atoms with Crippen molar-refractivity contribution in [3.05, 3.63) is 66.1 Å². The van der Waals surface area contributed by atoms with E-state index in [0.717, 1.165) is 17.7 Å². The van der Waals surface area contributed by atoms with E-state index in [1.807, 2.05) is 37.3 Å². The fourth-order valence-corrected chi connectivity index (χ4v) is 3.74. The molecule has 2 aromatic heterocycles. The first-order chi connectivity index (χ1) is 14.2. The van der Waals surface area contributed by atoms with Crippen molar-refractivity contribution in [3.8, 4) is 17.1 Å². The molecular weight excluding hydrogens is 384 g/mol. The summed E-state index contributed by atoms with van der Waals surface area (Å²) in [5, 5.41) is 21.1. The second-order valence-corrected chi connectivity index (χ2v) is 8.02. The molecule has 4 aromatic rings. The minimum atomic E-state index is -0.0893. The highest BCUT2D eigenvalue weighted by Gasteiger charge is 2.20. The Labute approximate surface area is 173 Å². The first-order valence-electron chi connectivity index (χ1n) is 9.67. The topological polar surface area (TPSA) is 82.5 Å². The van der Waals surface area contributed by atoms with Crippen LogP contribution in [0.25, 0.3) is 17.1 Å². The summed E-state index contributed by atoms with van der Waals surface area (Å²) in [6, 6.07) is 18.1. The number of nitrogens with zero attached hydrogens (tertiary/aromatic N) is 6. The number of unbranched alkanes of at least 4 members (excludes halogenated alkanes) is 1. The monoisotopic (exact) mass is 406 g/mol. The van der Waals surface area contributed by atoms with Gasteiger partial charge < -0.3 is 4.42 Å². The van der Waals surface area contributed by atoms with Crippen molar-refractivity contribution in [3.63, 3.8) is 0 Å². The summed E-state index contributed by atoms with van der Waals surface area (Å²) in [5.41, 5.74) is 3.16. The number of aryl methyl sites for hydroxylation is 1. The van der Waals surface area contributed by atoms with Crippen LogP contribution in [-0.4, -0.2) is 30.4 Å². The Morgan fingerprint density at radius 3 is 2.55 bits per heavy atom. The quantitative estimate of drug-likeness (QED) is 0.385. The molecule has 0 spiro atoms. The Kier molecular flexibility index (Phi) is 6.00. The van der Waals surface area contributed by atoms with Crippen LogP contribution >= 0.6 is 11.8 Å². The Hall–Kier alpha value is -3.00. The number of thioether (sulfide) groups is 1. The van der Waals surface area contributed by atoms with Gasteiger partial charge in [0.05, 0.1) is 10.9 Å². The van der Waals surface area contributed by atoms with Gasteiger partial charge in [0.15, 0.2) is 0 Å². The molecular formula is C21H22N6OS. The molecule has 4 rings (SSSR count). The van der Waals surface area contributed by atoms with Gasteiger partial charge >= 0.3 is 0 Å². The highest BCUT2D eigenvalue weighted by atomic mass is 32.2. The molecule has 0 aliphatic rings. The Morgan fingerprint density at radius 2 is 1.79 bits per heavy atom. The molecule has 7 nitrogen and oxygen atoms in total. The maximum absolute atomic E-state index is 5.86. The SMILES string of the molecule is CCCCc1ccc(-n2nnnc2SC(C)c2nnc(-c3ccccc3)o2)cc1. The predicted octanol–water partition coefficient (Wildman–Crippen LogP) is 4.91. The molecule has 0 saturated heterocycles. The van der Waals surface area contributed by atoms with E-state index >= 15 is 0 Å². The smallest absolute Gasteiger partial charge is 0.247 e. The van der Waals surface area contributed by atoms with Crippen LogP contribution in [0.4, 0.5) is 0 Å². The molecule has 0 bridgehead atoms. The number of hydrogen-bond donors (Lipinski definition) is 0. The van der Waals surface area contributed by atoms with Crippen molar-refractivity contribution < 1.29 is 4.42 Å². The molecule has 2 heterocycles. The lowest BCUT2D eigenvalue weighted by Crippen LogP contribution is -2.01. The lowest BCUT2D eigenvalue weighted by molar-refractivity contribution is 0.509. The molecule has 0 aliphatic carbocycles. The van der Waals surface area contributed by atoms with Gasteiger partial charge in [-0.1, -0.05) is 55.4 Å². The zero-order valence-electron chi connectivity index (χ0n) is 16.4. The third-order valence-electron chi connectivity index (χ3n) is 4.53. The summed E-state index contributed by atoms with van der Waals surface area (Å²) < 4.78 is 7.59. The van der Waals surface area contributed by atoms with Gasteiger partial charge in [-0.15, -0.1) is 15.3 Å². The molecule has 1 unspecified atom stereocenters. The average molecular weight is 407 g/mol. The normalized spacial score (nSPS) is 12.2. The number of benzene rings is 2. The number of rotatable bonds is 8. The minimum absolute atomic E-state index is 0.0893. The lowest BCUT2D eigenvalue weighted by Gasteiger charge is -2.08. The molecule has 0 amide bonds. The number of hydrogen-bond acceptors (Lipinski definition) is 7. The zero-order chi connectivity index (χ0) is 20.1. The molecule has 0 aliphatic heterocycles. The first kappa shape index (κ1) is 19.3. The maximum Gasteiger partial charge on any atom is 0.247 e. The average Bonchev–Trinajstić information content (AvgIpc) is 3.43. The number of tetrazole rings is 1. The van der Waals surface area contributed by atoms with Crippen LogP contribution in [0.15, 0.2) is 64.2 Å². The van der Waals surface area contributed by atoms with Crippen LogP contribution in [-0.2, 0) is 6.42 Å². The molecule has 29 heavy (non-hydrogen) atoms. The van der Waals surface area contributed by atoms with E-state index in [4.69, 9.17) is 4.42 Å². The van der Waals surface area contributed by atoms with E-state index in [2.05, 4.69) is 56.9 Å². The lowest BCUT2D eigenvalue weighted by atomic mass is 10.1. The van der Waals surface area contributed by atoms with Crippen molar-refractivity contribution in [2.45, 2.75) is 43.5 Å². The van der Waals surface area contributed by atoms with Gasteiger partial charge in [-0.3, -0.25) is 0 Å². The third-order valence-corrected chi connectivity index (χ3v) is 5.55. The molecule has 0 radical (unpaired) electrons. The largest absolute Gasteiger partial charge is 0.419 e. The van der Waals surface area contributed by atoms with Crippen LogP contribution < -0.4 is 0 Å². The van der Waals surface area contributed by atoms with Gasteiger partial charge in [-0.25, -0.2) is 0 Å². The van der Waals surface area contributed by atoms with Gasteiger partial charge in [-0.2, -0.15) is 4.68 Å². The summed E-state index contributed by atoms with van der Waals surface area (Å²) in [5.74, 6) is 1.05. The predicted molar refractivity (Wildman–Crippen MR) is 112 cm³/mol. The van der Waals surface area contributed by atoms with Gasteiger partial charge in [0, 0.05) is 5.56 Å². The second kappa shape index (κ2) is 9.00. The van der Waals surface area contributed by atoms with Crippen molar-refractivity contribution in [2.24, 2.45) is 0 Å². The molecule has 0 N–H and O–H groups in total. The molecule has 1 atom stereocenters. The maximum atomic E-state index is 5.86.